The van der Waals surface area contributed by atoms with Crippen molar-refractivity contribution in [2.24, 2.45) is 0 Å². The maximum absolute atomic E-state index is 12.9. The van der Waals surface area contributed by atoms with E-state index in [4.69, 9.17) is 23.2 Å². The molecule has 0 spiro atoms. The number of amides is 1. The number of halogens is 2. The zero-order valence-electron chi connectivity index (χ0n) is 11.7. The average Bonchev–Trinajstić information content (AvgIpc) is 3.11. The summed E-state index contributed by atoms with van der Waals surface area (Å²) in [5, 5.41) is 0.476. The Hall–Kier alpha value is -1.78. The number of imidazole rings is 1. The third-order valence-electron chi connectivity index (χ3n) is 4.35. The molecule has 2 aliphatic rings. The summed E-state index contributed by atoms with van der Waals surface area (Å²) >= 11 is 12.1. The minimum Gasteiger partial charge on any atom is -0.330 e. The van der Waals surface area contributed by atoms with Crippen molar-refractivity contribution in [2.75, 3.05) is 6.54 Å². The number of hydrogen-bond donors (Lipinski definition) is 0. The van der Waals surface area contributed by atoms with Crippen LogP contribution in [0.25, 0.3) is 11.8 Å². The third-order valence-corrected chi connectivity index (χ3v) is 4.79. The molecule has 112 valence electrons. The molecule has 1 amide bonds. The second kappa shape index (κ2) is 5.14. The van der Waals surface area contributed by atoms with Crippen LogP contribution in [0.2, 0.25) is 5.02 Å². The molecule has 6 heteroatoms. The number of carbonyl (C=O) groups excluding carboxylic acids is 1. The van der Waals surface area contributed by atoms with Crippen LogP contribution in [0.5, 0.6) is 0 Å². The first-order valence-corrected chi connectivity index (χ1v) is 7.97. The molecule has 1 atom stereocenters. The van der Waals surface area contributed by atoms with Crippen LogP contribution in [0.4, 0.5) is 0 Å². The Morgan fingerprint density at radius 1 is 1.36 bits per heavy atom. The molecule has 0 radical (unpaired) electrons. The first-order chi connectivity index (χ1) is 10.7. The van der Waals surface area contributed by atoms with Crippen molar-refractivity contribution in [3.05, 3.63) is 52.0 Å². The minimum atomic E-state index is -0.00685. The highest BCUT2D eigenvalue weighted by Gasteiger charge is 2.39. The number of nitrogens with zero attached hydrogens (tertiary/aromatic N) is 3. The van der Waals surface area contributed by atoms with E-state index in [9.17, 15) is 4.79 Å². The van der Waals surface area contributed by atoms with Crippen LogP contribution in [0.3, 0.4) is 0 Å². The Morgan fingerprint density at radius 3 is 3.05 bits per heavy atom. The summed E-state index contributed by atoms with van der Waals surface area (Å²) in [5.41, 5.74) is 4.59. The average molecular weight is 334 g/mol. The lowest BCUT2D eigenvalue weighted by atomic mass is 10.1. The van der Waals surface area contributed by atoms with Gasteiger partial charge in [-0.1, -0.05) is 29.3 Å². The summed E-state index contributed by atoms with van der Waals surface area (Å²) < 4.78 is 1.97. The number of rotatable bonds is 1. The first-order valence-electron chi connectivity index (χ1n) is 7.16. The number of fused-ring (bicyclic) bond motifs is 5. The van der Waals surface area contributed by atoms with Crippen LogP contribution < -0.4 is 0 Å². The number of hydrogen-bond acceptors (Lipinski definition) is 2. The fraction of sp³-hybridized carbons (Fsp3) is 0.250. The van der Waals surface area contributed by atoms with Crippen LogP contribution in [-0.4, -0.2) is 26.9 Å². The van der Waals surface area contributed by atoms with Crippen LogP contribution in [-0.2, 0) is 0 Å². The zero-order chi connectivity index (χ0) is 15.3. The molecule has 2 aromatic rings. The van der Waals surface area contributed by atoms with Crippen LogP contribution in [0, 0.1) is 0 Å². The van der Waals surface area contributed by atoms with Gasteiger partial charge in [0.2, 0.25) is 0 Å². The molecule has 1 fully saturated rings. The molecule has 0 aliphatic carbocycles. The van der Waals surface area contributed by atoms with E-state index in [0.29, 0.717) is 10.6 Å². The van der Waals surface area contributed by atoms with Gasteiger partial charge in [0.25, 0.3) is 5.91 Å². The van der Waals surface area contributed by atoms with E-state index >= 15 is 0 Å². The van der Waals surface area contributed by atoms with Gasteiger partial charge in [0.15, 0.2) is 0 Å². The van der Waals surface area contributed by atoms with E-state index in [0.717, 1.165) is 36.5 Å². The topological polar surface area (TPSA) is 38.1 Å². The lowest BCUT2D eigenvalue weighted by Crippen LogP contribution is -2.30. The molecular formula is C16H13Cl2N3O. The fourth-order valence-electron chi connectivity index (χ4n) is 3.45. The molecule has 1 saturated heterocycles. The molecule has 3 heterocycles. The highest BCUT2D eigenvalue weighted by atomic mass is 35.5. The molecule has 0 unspecified atom stereocenters. The standard InChI is InChI=1S/C16H13Cl2N3O/c17-7-6-11-15-13-5-2-8-20(13)16(22)14-10(18)3-1-4-12(14)21(15)9-19-11/h1,3-4,6-7,9,13H,2,5,8H2/b7-6-/t13-/m0/s1. The smallest absolute Gasteiger partial charge is 0.258 e. The normalized spacial score (nSPS) is 20.0. The van der Waals surface area contributed by atoms with Crippen molar-refractivity contribution in [1.82, 2.24) is 14.5 Å². The van der Waals surface area contributed by atoms with E-state index in [2.05, 4.69) is 4.98 Å². The van der Waals surface area contributed by atoms with Crippen LogP contribution >= 0.6 is 23.2 Å². The Labute approximate surface area is 138 Å². The zero-order valence-corrected chi connectivity index (χ0v) is 13.2. The predicted molar refractivity (Wildman–Crippen MR) is 86.5 cm³/mol. The quantitative estimate of drug-likeness (QED) is 0.790. The maximum Gasteiger partial charge on any atom is 0.258 e. The van der Waals surface area contributed by atoms with E-state index in [1.165, 1.54) is 5.54 Å². The molecule has 1 aromatic carbocycles. The Balaban J connectivity index is 2.05. The molecule has 0 bridgehead atoms. The van der Waals surface area contributed by atoms with Crippen molar-refractivity contribution < 1.29 is 4.79 Å². The lowest BCUT2D eigenvalue weighted by Gasteiger charge is -2.22. The summed E-state index contributed by atoms with van der Waals surface area (Å²) in [4.78, 5) is 19.3. The molecule has 22 heavy (non-hydrogen) atoms. The number of aromatic nitrogens is 2. The Kier molecular flexibility index (Phi) is 3.24. The summed E-state index contributed by atoms with van der Waals surface area (Å²) in [6, 6.07) is 5.53. The Bertz CT molecular complexity index is 797. The van der Waals surface area contributed by atoms with Crippen LogP contribution in [0.15, 0.2) is 30.1 Å². The largest absolute Gasteiger partial charge is 0.330 e. The van der Waals surface area contributed by atoms with Gasteiger partial charge in [0, 0.05) is 12.1 Å². The first kappa shape index (κ1) is 13.9. The molecule has 4 nitrogen and oxygen atoms in total. The van der Waals surface area contributed by atoms with Gasteiger partial charge >= 0.3 is 0 Å². The van der Waals surface area contributed by atoms with Gasteiger partial charge in [-0.05, 0) is 31.1 Å². The van der Waals surface area contributed by atoms with Gasteiger partial charge in [-0.3, -0.25) is 9.36 Å². The Morgan fingerprint density at radius 2 is 2.23 bits per heavy atom. The number of benzene rings is 1. The van der Waals surface area contributed by atoms with Crippen molar-refractivity contribution >= 4 is 35.2 Å². The van der Waals surface area contributed by atoms with E-state index in [-0.39, 0.29) is 11.9 Å². The summed E-state index contributed by atoms with van der Waals surface area (Å²) in [6.07, 6.45) is 5.41. The molecule has 1 aromatic heterocycles. The van der Waals surface area contributed by atoms with Crippen molar-refractivity contribution in [2.45, 2.75) is 18.9 Å². The molecular weight excluding hydrogens is 321 g/mol. The predicted octanol–water partition coefficient (Wildman–Crippen LogP) is 4.03. The second-order valence-electron chi connectivity index (χ2n) is 5.47. The highest BCUT2D eigenvalue weighted by Crippen LogP contribution is 2.41. The minimum absolute atomic E-state index is 0.00685. The maximum atomic E-state index is 12.9. The van der Waals surface area contributed by atoms with E-state index in [1.54, 1.807) is 18.5 Å². The van der Waals surface area contributed by atoms with E-state index < -0.39 is 0 Å². The summed E-state index contributed by atoms with van der Waals surface area (Å²) in [5.74, 6) is -0.00685. The van der Waals surface area contributed by atoms with Crippen LogP contribution in [0.1, 0.15) is 40.6 Å². The van der Waals surface area contributed by atoms with Gasteiger partial charge in [-0.2, -0.15) is 0 Å². The summed E-state index contributed by atoms with van der Waals surface area (Å²) in [7, 11) is 0. The van der Waals surface area contributed by atoms with Crippen molar-refractivity contribution in [1.29, 1.82) is 0 Å². The summed E-state index contributed by atoms with van der Waals surface area (Å²) in [6.45, 7) is 0.739. The molecule has 0 N–H and O–H groups in total. The highest BCUT2D eigenvalue weighted by molar-refractivity contribution is 6.34. The molecule has 4 rings (SSSR count). The van der Waals surface area contributed by atoms with E-state index in [1.807, 2.05) is 21.6 Å². The molecule has 2 aliphatic heterocycles. The third kappa shape index (κ3) is 1.84. The second-order valence-corrected chi connectivity index (χ2v) is 6.13. The monoisotopic (exact) mass is 333 g/mol. The van der Waals surface area contributed by atoms with Gasteiger partial charge in [-0.25, -0.2) is 4.98 Å². The van der Waals surface area contributed by atoms with Crippen molar-refractivity contribution in [3.63, 3.8) is 0 Å². The van der Waals surface area contributed by atoms with Gasteiger partial charge in [-0.15, -0.1) is 0 Å². The lowest BCUT2D eigenvalue weighted by molar-refractivity contribution is 0.0739. The van der Waals surface area contributed by atoms with Crippen molar-refractivity contribution in [3.8, 4) is 5.69 Å². The van der Waals surface area contributed by atoms with Gasteiger partial charge in [0.1, 0.15) is 6.33 Å². The number of carbonyl (C=O) groups is 1. The fourth-order valence-corrected chi connectivity index (χ4v) is 3.82. The van der Waals surface area contributed by atoms with Gasteiger partial charge < -0.3 is 4.90 Å². The SMILES string of the molecule is O=C1c2c(Cl)cccc2-n2cnc(/C=C\Cl)c2[C@@H]2CCCN12. The van der Waals surface area contributed by atoms with Gasteiger partial charge in [0.05, 0.1) is 33.7 Å². The molecule has 0 saturated carbocycles.